The van der Waals surface area contributed by atoms with Gasteiger partial charge in [0.2, 0.25) is 0 Å². The van der Waals surface area contributed by atoms with Gasteiger partial charge in [-0.15, -0.1) is 0 Å². The molecule has 0 aliphatic rings. The van der Waals surface area contributed by atoms with Gasteiger partial charge in [0.05, 0.1) is 0 Å². The number of nitrogens with zero attached hydrogens (tertiary/aromatic N) is 1. The summed E-state index contributed by atoms with van der Waals surface area (Å²) in [6.45, 7) is 14.9. The Bertz CT molecular complexity index is 159. The van der Waals surface area contributed by atoms with Crippen LogP contribution in [-0.4, -0.2) is 37.6 Å². The van der Waals surface area contributed by atoms with E-state index in [1.807, 2.05) is 0 Å². The molecule has 0 aliphatic carbocycles. The lowest BCUT2D eigenvalue weighted by Gasteiger charge is -2.26. The third-order valence-electron chi connectivity index (χ3n) is 2.51. The molecule has 0 fully saturated rings. The molecule has 16 heavy (non-hydrogen) atoms. The van der Waals surface area contributed by atoms with Gasteiger partial charge in [-0.25, -0.2) is 0 Å². The first-order chi connectivity index (χ1) is 7.31. The highest BCUT2D eigenvalue weighted by Crippen LogP contribution is 2.14. The lowest BCUT2D eigenvalue weighted by Crippen LogP contribution is -2.30. The van der Waals surface area contributed by atoms with E-state index in [0.29, 0.717) is 11.5 Å². The molecule has 1 N–H and O–H groups in total. The first-order valence-corrected chi connectivity index (χ1v) is 6.73. The van der Waals surface area contributed by atoms with Gasteiger partial charge in [-0.1, -0.05) is 41.0 Å². The molecule has 0 bridgehead atoms. The van der Waals surface area contributed by atoms with Crippen LogP contribution >= 0.6 is 0 Å². The minimum atomic E-state index is 0.425. The van der Waals surface area contributed by atoms with Crippen molar-refractivity contribution in [2.24, 2.45) is 5.41 Å². The van der Waals surface area contributed by atoms with Gasteiger partial charge in [0.25, 0.3) is 0 Å². The molecular formula is C14H32N2. The molecule has 0 radical (unpaired) electrons. The highest BCUT2D eigenvalue weighted by Gasteiger charge is 2.12. The molecule has 2 heteroatoms. The molecule has 0 aliphatic heterocycles. The van der Waals surface area contributed by atoms with E-state index in [4.69, 9.17) is 0 Å². The zero-order chi connectivity index (χ0) is 12.6. The lowest BCUT2D eigenvalue weighted by atomic mass is 9.96. The Labute approximate surface area is 103 Å². The Morgan fingerprint density at radius 2 is 1.69 bits per heavy atom. The van der Waals surface area contributed by atoms with E-state index in [2.05, 4.69) is 51.9 Å². The van der Waals surface area contributed by atoms with Gasteiger partial charge in [0, 0.05) is 12.6 Å². The summed E-state index contributed by atoms with van der Waals surface area (Å²) in [5, 5.41) is 3.46. The van der Waals surface area contributed by atoms with Crippen LogP contribution in [0.4, 0.5) is 0 Å². The fourth-order valence-electron chi connectivity index (χ4n) is 1.96. The minimum Gasteiger partial charge on any atom is -0.315 e. The summed E-state index contributed by atoms with van der Waals surface area (Å²) in [5.41, 5.74) is 0.425. The molecule has 0 rings (SSSR count). The van der Waals surface area contributed by atoms with Crippen molar-refractivity contribution in [2.45, 2.75) is 59.9 Å². The second-order valence-electron chi connectivity index (χ2n) is 6.47. The van der Waals surface area contributed by atoms with E-state index in [0.717, 1.165) is 0 Å². The van der Waals surface area contributed by atoms with E-state index < -0.39 is 0 Å². The van der Waals surface area contributed by atoms with Crippen LogP contribution in [0.5, 0.6) is 0 Å². The molecule has 0 aromatic heterocycles. The maximum atomic E-state index is 3.46. The molecule has 2 nitrogen and oxygen atoms in total. The largest absolute Gasteiger partial charge is 0.315 e. The van der Waals surface area contributed by atoms with Gasteiger partial charge >= 0.3 is 0 Å². The van der Waals surface area contributed by atoms with Crippen LogP contribution in [0.2, 0.25) is 0 Å². The third kappa shape index (κ3) is 12.0. The van der Waals surface area contributed by atoms with Crippen molar-refractivity contribution < 1.29 is 0 Å². The van der Waals surface area contributed by atoms with Crippen molar-refractivity contribution in [3.63, 3.8) is 0 Å². The number of rotatable bonds is 8. The fraction of sp³-hybridized carbons (Fsp3) is 1.00. The highest BCUT2D eigenvalue weighted by molar-refractivity contribution is 4.66. The highest BCUT2D eigenvalue weighted by atomic mass is 15.1. The molecule has 0 aromatic carbocycles. The van der Waals surface area contributed by atoms with Gasteiger partial charge < -0.3 is 10.2 Å². The summed E-state index contributed by atoms with van der Waals surface area (Å²) >= 11 is 0. The lowest BCUT2D eigenvalue weighted by molar-refractivity contribution is 0.223. The van der Waals surface area contributed by atoms with E-state index in [-0.39, 0.29) is 0 Å². The summed E-state index contributed by atoms with van der Waals surface area (Å²) < 4.78 is 0. The number of hydrogen-bond donors (Lipinski definition) is 1. The van der Waals surface area contributed by atoms with Crippen molar-refractivity contribution >= 4 is 0 Å². The average molecular weight is 228 g/mol. The van der Waals surface area contributed by atoms with Gasteiger partial charge in [-0.3, -0.25) is 0 Å². The van der Waals surface area contributed by atoms with Gasteiger partial charge in [-0.2, -0.15) is 0 Å². The Hall–Kier alpha value is -0.0800. The Morgan fingerprint density at radius 3 is 2.19 bits per heavy atom. The van der Waals surface area contributed by atoms with Gasteiger partial charge in [0.1, 0.15) is 0 Å². The van der Waals surface area contributed by atoms with Crippen molar-refractivity contribution in [3.8, 4) is 0 Å². The second kappa shape index (κ2) is 8.08. The molecule has 0 atom stereocenters. The zero-order valence-corrected chi connectivity index (χ0v) is 12.3. The normalized spacial score (nSPS) is 12.8. The predicted octanol–water partition coefficient (Wildman–Crippen LogP) is 3.13. The topological polar surface area (TPSA) is 15.3 Å². The van der Waals surface area contributed by atoms with E-state index >= 15 is 0 Å². The van der Waals surface area contributed by atoms with Crippen molar-refractivity contribution in [1.82, 2.24) is 10.2 Å². The molecule has 0 spiro atoms. The van der Waals surface area contributed by atoms with E-state index in [9.17, 15) is 0 Å². The molecule has 0 heterocycles. The van der Waals surface area contributed by atoms with Crippen LogP contribution in [0.1, 0.15) is 53.9 Å². The quantitative estimate of drug-likeness (QED) is 0.642. The molecule has 0 unspecified atom stereocenters. The summed E-state index contributed by atoms with van der Waals surface area (Å²) in [5.74, 6) is 0. The average Bonchev–Trinajstić information content (AvgIpc) is 2.07. The minimum absolute atomic E-state index is 0.425. The van der Waals surface area contributed by atoms with Crippen molar-refractivity contribution in [3.05, 3.63) is 0 Å². The predicted molar refractivity (Wildman–Crippen MR) is 73.9 cm³/mol. The smallest absolute Gasteiger partial charge is 0.00270 e. The van der Waals surface area contributed by atoms with Crippen LogP contribution in [-0.2, 0) is 0 Å². The second-order valence-corrected chi connectivity index (χ2v) is 6.47. The molecule has 98 valence electrons. The first kappa shape index (κ1) is 15.9. The molecule has 0 saturated carbocycles. The number of hydrogen-bond acceptors (Lipinski definition) is 2. The third-order valence-corrected chi connectivity index (χ3v) is 2.51. The molecular weight excluding hydrogens is 196 g/mol. The summed E-state index contributed by atoms with van der Waals surface area (Å²) in [6, 6.07) is 0.628. The van der Waals surface area contributed by atoms with Crippen LogP contribution in [0, 0.1) is 5.41 Å². The Morgan fingerprint density at radius 1 is 1.06 bits per heavy atom. The van der Waals surface area contributed by atoms with Crippen LogP contribution < -0.4 is 5.32 Å². The van der Waals surface area contributed by atoms with Crippen LogP contribution in [0.25, 0.3) is 0 Å². The van der Waals surface area contributed by atoms with Gasteiger partial charge in [0.15, 0.2) is 0 Å². The summed E-state index contributed by atoms with van der Waals surface area (Å²) in [7, 11) is 2.23. The molecule has 0 saturated heterocycles. The molecule has 0 amide bonds. The zero-order valence-electron chi connectivity index (χ0n) is 12.3. The monoisotopic (exact) mass is 228 g/mol. The van der Waals surface area contributed by atoms with Gasteiger partial charge in [-0.05, 0) is 38.4 Å². The maximum absolute atomic E-state index is 3.46. The summed E-state index contributed by atoms with van der Waals surface area (Å²) in [6.07, 6.45) is 3.97. The van der Waals surface area contributed by atoms with E-state index in [1.54, 1.807) is 0 Å². The SMILES string of the molecule is CC(C)NCCCCCN(C)CC(C)(C)C. The van der Waals surface area contributed by atoms with E-state index in [1.165, 1.54) is 38.9 Å². The van der Waals surface area contributed by atoms with Crippen molar-refractivity contribution in [1.29, 1.82) is 0 Å². The fourth-order valence-corrected chi connectivity index (χ4v) is 1.96. The number of nitrogens with one attached hydrogen (secondary N) is 1. The van der Waals surface area contributed by atoms with Crippen LogP contribution in [0.15, 0.2) is 0 Å². The summed E-state index contributed by atoms with van der Waals surface area (Å²) in [4.78, 5) is 2.45. The Kier molecular flexibility index (Phi) is 8.04. The standard InChI is InChI=1S/C14H32N2/c1-13(2)15-10-8-7-9-11-16(6)12-14(3,4)5/h13,15H,7-12H2,1-6H3. The van der Waals surface area contributed by atoms with Crippen LogP contribution in [0.3, 0.4) is 0 Å². The first-order valence-electron chi connectivity index (χ1n) is 6.73. The Balaban J connectivity index is 3.31. The number of unbranched alkanes of at least 4 members (excludes halogenated alkanes) is 2. The van der Waals surface area contributed by atoms with Crippen molar-refractivity contribution in [2.75, 3.05) is 26.7 Å². The maximum Gasteiger partial charge on any atom is 0.00270 e. The molecule has 0 aromatic rings.